The minimum absolute atomic E-state index is 0.131. The second kappa shape index (κ2) is 4.19. The van der Waals surface area contributed by atoms with Gasteiger partial charge in [0.25, 0.3) is 0 Å². The highest BCUT2D eigenvalue weighted by Gasteiger charge is 2.47. The molecular weight excluding hydrogens is 316 g/mol. The molecule has 1 nitrogen and oxygen atoms in total. The second-order valence-corrected chi connectivity index (χ2v) is 8.20. The Hall–Kier alpha value is -2.64. The van der Waals surface area contributed by atoms with Gasteiger partial charge in [0, 0.05) is 11.8 Å². The first-order valence-corrected chi connectivity index (χ1v) is 9.48. The first-order chi connectivity index (χ1) is 12.7. The summed E-state index contributed by atoms with van der Waals surface area (Å²) in [5.41, 5.74) is 11.4. The maximum Gasteiger partial charge on any atom is 0.110 e. The van der Waals surface area contributed by atoms with E-state index >= 15 is 0 Å². The Morgan fingerprint density at radius 1 is 0.692 bits per heavy atom. The third-order valence-corrected chi connectivity index (χ3v) is 6.92. The number of benzene rings is 3. The van der Waals surface area contributed by atoms with E-state index < -0.39 is 0 Å². The molecule has 0 saturated heterocycles. The van der Waals surface area contributed by atoms with Crippen molar-refractivity contribution in [1.82, 2.24) is 0 Å². The summed E-state index contributed by atoms with van der Waals surface area (Å²) >= 11 is 0. The molecule has 0 fully saturated rings. The molecule has 2 aliphatic heterocycles. The largest absolute Gasteiger partial charge is 0.354 e. The van der Waals surface area contributed by atoms with Crippen molar-refractivity contribution in [3.63, 3.8) is 0 Å². The highest BCUT2D eigenvalue weighted by molar-refractivity contribution is 5.70. The van der Waals surface area contributed by atoms with Gasteiger partial charge in [0.2, 0.25) is 0 Å². The van der Waals surface area contributed by atoms with Crippen LogP contribution in [0.1, 0.15) is 69.4 Å². The quantitative estimate of drug-likeness (QED) is 0.338. The maximum atomic E-state index is 6.28. The third kappa shape index (κ3) is 1.37. The van der Waals surface area contributed by atoms with Crippen LogP contribution in [-0.2, 0) is 10.3 Å². The molecule has 124 valence electrons. The van der Waals surface area contributed by atoms with Gasteiger partial charge in [-0.15, -0.1) is 0 Å². The highest BCUT2D eigenvalue weighted by Crippen LogP contribution is 2.59. The van der Waals surface area contributed by atoms with Gasteiger partial charge < -0.3 is 4.74 Å². The van der Waals surface area contributed by atoms with Crippen molar-refractivity contribution >= 4 is 0 Å². The van der Waals surface area contributed by atoms with E-state index in [1.807, 2.05) is 0 Å². The third-order valence-electron chi connectivity index (χ3n) is 6.92. The number of hydrogen-bond acceptors (Lipinski definition) is 1. The van der Waals surface area contributed by atoms with Gasteiger partial charge in [0.1, 0.15) is 11.7 Å². The molecule has 0 spiro atoms. The van der Waals surface area contributed by atoms with E-state index in [2.05, 4.69) is 79.7 Å². The van der Waals surface area contributed by atoms with Crippen molar-refractivity contribution in [2.24, 2.45) is 0 Å². The average Bonchev–Trinajstić information content (AvgIpc) is 3.21. The molecular formula is C25H18O. The average molecular weight is 334 g/mol. The monoisotopic (exact) mass is 334 g/mol. The molecule has 26 heavy (non-hydrogen) atoms. The van der Waals surface area contributed by atoms with Crippen molar-refractivity contribution in [3.8, 4) is 0 Å². The molecule has 4 bridgehead atoms. The molecule has 5 aliphatic rings. The van der Waals surface area contributed by atoms with E-state index in [1.165, 1.54) is 44.5 Å². The Bertz CT molecular complexity index is 1110. The minimum atomic E-state index is -0.245. The fourth-order valence-corrected chi connectivity index (χ4v) is 5.83. The van der Waals surface area contributed by atoms with Crippen LogP contribution in [0.3, 0.4) is 0 Å². The second-order valence-electron chi connectivity index (χ2n) is 8.20. The molecule has 0 amide bonds. The zero-order valence-electron chi connectivity index (χ0n) is 14.6. The summed E-state index contributed by atoms with van der Waals surface area (Å²) in [6, 6.07) is 22.9. The summed E-state index contributed by atoms with van der Waals surface area (Å²) in [7, 11) is 0. The van der Waals surface area contributed by atoms with E-state index in [1.54, 1.807) is 0 Å². The normalized spacial score (nSPS) is 30.7. The number of fused-ring (bicyclic) bond motifs is 5. The van der Waals surface area contributed by atoms with Gasteiger partial charge in [-0.2, -0.15) is 0 Å². The molecule has 0 unspecified atom stereocenters. The molecule has 3 aliphatic carbocycles. The lowest BCUT2D eigenvalue weighted by atomic mass is 9.60. The van der Waals surface area contributed by atoms with Crippen LogP contribution in [0.25, 0.3) is 0 Å². The van der Waals surface area contributed by atoms with Crippen molar-refractivity contribution in [2.45, 2.75) is 30.5 Å². The summed E-state index contributed by atoms with van der Waals surface area (Å²) < 4.78 is 6.28. The summed E-state index contributed by atoms with van der Waals surface area (Å²) in [6.45, 7) is 2.20. The van der Waals surface area contributed by atoms with E-state index in [-0.39, 0.29) is 11.7 Å². The lowest BCUT2D eigenvalue weighted by Crippen LogP contribution is -2.28. The minimum Gasteiger partial charge on any atom is -0.354 e. The van der Waals surface area contributed by atoms with Crippen LogP contribution in [0.2, 0.25) is 0 Å². The fourth-order valence-electron chi connectivity index (χ4n) is 5.83. The molecule has 8 rings (SSSR count). The van der Waals surface area contributed by atoms with Crippen molar-refractivity contribution in [1.29, 1.82) is 0 Å². The van der Waals surface area contributed by atoms with Crippen molar-refractivity contribution < 1.29 is 4.74 Å². The number of hydrogen-bond donors (Lipinski definition) is 0. The predicted octanol–water partition coefficient (Wildman–Crippen LogP) is 5.53. The topological polar surface area (TPSA) is 9.23 Å². The van der Waals surface area contributed by atoms with Crippen LogP contribution >= 0.6 is 0 Å². The number of ether oxygens (including phenoxy) is 1. The molecule has 1 heteroatoms. The predicted molar refractivity (Wildman–Crippen MR) is 102 cm³/mol. The molecule has 2 atom stereocenters. The number of rotatable bonds is 0. The smallest absolute Gasteiger partial charge is 0.110 e. The van der Waals surface area contributed by atoms with Gasteiger partial charge in [0.15, 0.2) is 0 Å². The molecule has 3 aromatic carbocycles. The summed E-state index contributed by atoms with van der Waals surface area (Å²) in [5, 5.41) is 0. The standard InChI is InChI=1S/C25H18O/c1-25-11-10-22(26-25)20-12-18-19(13-21(20)25)24-16-8-4-2-6-14(16)23(18)15-7-3-5-9-17(15)24/h2-13,22-24H,1H3/t22-,23?,24?,25+/m1/s1. The van der Waals surface area contributed by atoms with Crippen LogP contribution in [-0.4, -0.2) is 0 Å². The Labute approximate surface area is 153 Å². The van der Waals surface area contributed by atoms with Crippen LogP contribution in [0.5, 0.6) is 0 Å². The summed E-state index contributed by atoms with van der Waals surface area (Å²) in [6.07, 6.45) is 4.58. The van der Waals surface area contributed by atoms with Crippen molar-refractivity contribution in [3.05, 3.63) is 117 Å². The molecule has 0 saturated carbocycles. The Balaban J connectivity index is 1.58. The lowest BCUT2D eigenvalue weighted by molar-refractivity contribution is 0.0113. The van der Waals surface area contributed by atoms with Crippen LogP contribution in [0, 0.1) is 0 Å². The van der Waals surface area contributed by atoms with E-state index in [4.69, 9.17) is 4.74 Å². The SMILES string of the molecule is C[C@@]12C=C[C@@H](O1)c1cc3c(cc12)C1c2ccccc2C3c2ccccc21. The van der Waals surface area contributed by atoms with E-state index in [0.29, 0.717) is 11.8 Å². The molecule has 0 radical (unpaired) electrons. The van der Waals surface area contributed by atoms with Gasteiger partial charge in [-0.1, -0.05) is 66.7 Å². The van der Waals surface area contributed by atoms with Gasteiger partial charge >= 0.3 is 0 Å². The van der Waals surface area contributed by atoms with Crippen molar-refractivity contribution in [2.75, 3.05) is 0 Å². The fraction of sp³-hybridized carbons (Fsp3) is 0.200. The van der Waals surface area contributed by atoms with Crippen LogP contribution in [0.15, 0.2) is 72.8 Å². The lowest BCUT2D eigenvalue weighted by Gasteiger charge is -2.42. The summed E-state index contributed by atoms with van der Waals surface area (Å²) in [5.74, 6) is 0.697. The van der Waals surface area contributed by atoms with Gasteiger partial charge in [-0.05, 0) is 57.5 Å². The molecule has 0 N–H and O–H groups in total. The highest BCUT2D eigenvalue weighted by atomic mass is 16.5. The van der Waals surface area contributed by atoms with E-state index in [9.17, 15) is 0 Å². The zero-order chi connectivity index (χ0) is 17.0. The molecule has 2 heterocycles. The molecule has 3 aromatic rings. The summed E-state index contributed by atoms with van der Waals surface area (Å²) in [4.78, 5) is 0. The first-order valence-electron chi connectivity index (χ1n) is 9.48. The first kappa shape index (κ1) is 13.5. The van der Waals surface area contributed by atoms with Crippen LogP contribution < -0.4 is 0 Å². The maximum absolute atomic E-state index is 6.28. The van der Waals surface area contributed by atoms with Gasteiger partial charge in [0.05, 0.1) is 0 Å². The van der Waals surface area contributed by atoms with Gasteiger partial charge in [-0.3, -0.25) is 0 Å². The Morgan fingerprint density at radius 2 is 1.23 bits per heavy atom. The van der Waals surface area contributed by atoms with E-state index in [0.717, 1.165) is 0 Å². The Morgan fingerprint density at radius 3 is 1.81 bits per heavy atom. The van der Waals surface area contributed by atoms with Gasteiger partial charge in [-0.25, -0.2) is 0 Å². The Kier molecular flexibility index (Phi) is 2.18. The molecule has 0 aromatic heterocycles. The zero-order valence-corrected chi connectivity index (χ0v) is 14.6. The van der Waals surface area contributed by atoms with Crippen LogP contribution in [0.4, 0.5) is 0 Å².